The van der Waals surface area contributed by atoms with E-state index in [1.165, 1.54) is 5.56 Å². The van der Waals surface area contributed by atoms with Crippen LogP contribution >= 0.6 is 11.6 Å². The number of nitrogens with one attached hydrogen (secondary N) is 1. The molecule has 2 aromatic carbocycles. The molecule has 3 aliphatic rings. The molecule has 40 heavy (non-hydrogen) atoms. The number of aryl methyl sites for hydroxylation is 1. The Balaban J connectivity index is 1.52. The van der Waals surface area contributed by atoms with E-state index in [1.807, 2.05) is 25.1 Å². The summed E-state index contributed by atoms with van der Waals surface area (Å²) in [7, 11) is -3.84. The van der Waals surface area contributed by atoms with Gasteiger partial charge in [-0.25, -0.2) is 13.1 Å². The van der Waals surface area contributed by atoms with E-state index in [1.54, 1.807) is 18.2 Å². The molecule has 0 radical (unpaired) electrons. The lowest BCUT2D eigenvalue weighted by atomic mass is 9.69. The fraction of sp³-hybridized carbons (Fsp3) is 0.581. The van der Waals surface area contributed by atoms with E-state index in [4.69, 9.17) is 16.3 Å². The number of amides is 1. The van der Waals surface area contributed by atoms with Crippen molar-refractivity contribution in [2.45, 2.75) is 89.1 Å². The summed E-state index contributed by atoms with van der Waals surface area (Å²) in [5.41, 5.74) is 3.35. The largest absolute Gasteiger partial charge is 0.487 e. The second-order valence-corrected chi connectivity index (χ2v) is 14.0. The Morgan fingerprint density at radius 1 is 1.02 bits per heavy atom. The third-order valence-electron chi connectivity index (χ3n) is 9.07. The number of hydrogen-bond acceptors (Lipinski definition) is 6. The molecule has 2 aromatic rings. The average molecular weight is 589 g/mol. The van der Waals surface area contributed by atoms with Crippen LogP contribution in [-0.2, 0) is 23.1 Å². The molecular formula is C31H41ClN2O5S. The van der Waals surface area contributed by atoms with Gasteiger partial charge in [-0.3, -0.25) is 4.79 Å². The number of hydrogen-bond donors (Lipinski definition) is 2. The molecule has 4 atom stereocenters. The van der Waals surface area contributed by atoms with Gasteiger partial charge in [0.1, 0.15) is 12.4 Å². The SMILES string of the molecule is CC[C@@H]1CCCC[C@H](O)[C@@H]2CC[C@H]2CN2CCCCc3cc(Cl)ccc3COc3ccc(cc32)C(=O)NS1(=O)=O. The molecule has 218 valence electrons. The van der Waals surface area contributed by atoms with Crippen molar-refractivity contribution in [2.24, 2.45) is 11.8 Å². The molecule has 0 unspecified atom stereocenters. The molecule has 0 aromatic heterocycles. The van der Waals surface area contributed by atoms with Gasteiger partial charge in [0.15, 0.2) is 0 Å². The van der Waals surface area contributed by atoms with Gasteiger partial charge in [0.25, 0.3) is 5.91 Å². The highest BCUT2D eigenvalue weighted by atomic mass is 35.5. The Kier molecular flexibility index (Phi) is 9.28. The number of sulfonamides is 1. The Bertz CT molecular complexity index is 1320. The number of aliphatic hydroxyl groups excluding tert-OH is 1. The van der Waals surface area contributed by atoms with E-state index >= 15 is 0 Å². The number of carbonyl (C=O) groups is 1. The van der Waals surface area contributed by atoms with Gasteiger partial charge in [0.2, 0.25) is 10.0 Å². The van der Waals surface area contributed by atoms with Crippen molar-refractivity contribution in [2.75, 3.05) is 18.0 Å². The molecule has 9 heteroatoms. The summed E-state index contributed by atoms with van der Waals surface area (Å²) in [4.78, 5) is 15.6. The van der Waals surface area contributed by atoms with Gasteiger partial charge in [-0.2, -0.15) is 0 Å². The second-order valence-electron chi connectivity index (χ2n) is 11.6. The predicted molar refractivity (Wildman–Crippen MR) is 159 cm³/mol. The van der Waals surface area contributed by atoms with Crippen LogP contribution in [0.1, 0.15) is 86.2 Å². The number of anilines is 1. The number of rotatable bonds is 1. The number of aliphatic hydroxyl groups is 1. The standard InChI is InChI=1S/C31H41ClN2O5S/c1-2-26-8-3-4-9-29(35)27-14-11-23(27)19-34-16-6-5-7-21-17-25(32)13-10-24(21)20-39-30-15-12-22(18-28(30)34)31(36)33-40(26,37)38/h10,12-13,15,17-18,23,26-27,29,35H,2-9,11,14,16,19-20H2,1H3,(H,33,36)/t23-,26+,27+,29-/m0/s1. The summed E-state index contributed by atoms with van der Waals surface area (Å²) < 4.78 is 35.0. The highest BCUT2D eigenvalue weighted by Gasteiger charge is 2.37. The molecule has 2 N–H and O–H groups in total. The van der Waals surface area contributed by atoms with Crippen LogP contribution in [-0.4, -0.2) is 43.9 Å². The van der Waals surface area contributed by atoms with Crippen LogP contribution in [0.3, 0.4) is 0 Å². The van der Waals surface area contributed by atoms with E-state index < -0.39 is 21.2 Å². The molecule has 1 aliphatic carbocycles. The lowest BCUT2D eigenvalue weighted by molar-refractivity contribution is 0.00934. The Labute approximate surface area is 243 Å². The molecular weight excluding hydrogens is 548 g/mol. The lowest BCUT2D eigenvalue weighted by Gasteiger charge is -2.43. The van der Waals surface area contributed by atoms with Crippen LogP contribution in [0.25, 0.3) is 0 Å². The van der Waals surface area contributed by atoms with Crippen molar-refractivity contribution in [1.82, 2.24) is 4.72 Å². The van der Waals surface area contributed by atoms with Gasteiger partial charge in [-0.05, 0) is 105 Å². The fourth-order valence-electron chi connectivity index (χ4n) is 6.48. The summed E-state index contributed by atoms with van der Waals surface area (Å²) >= 11 is 6.30. The highest BCUT2D eigenvalue weighted by Crippen LogP contribution is 2.41. The summed E-state index contributed by atoms with van der Waals surface area (Å²) in [6.07, 6.45) is 7.56. The van der Waals surface area contributed by atoms with Crippen LogP contribution in [0.15, 0.2) is 36.4 Å². The molecule has 1 amide bonds. The third kappa shape index (κ3) is 6.60. The van der Waals surface area contributed by atoms with E-state index in [9.17, 15) is 18.3 Å². The fourth-order valence-corrected chi connectivity index (χ4v) is 8.13. The first-order chi connectivity index (χ1) is 19.2. The van der Waals surface area contributed by atoms with Crippen LogP contribution in [0, 0.1) is 11.8 Å². The van der Waals surface area contributed by atoms with Gasteiger partial charge < -0.3 is 14.7 Å². The number of carbonyl (C=O) groups excluding carboxylic acids is 1. The second kappa shape index (κ2) is 12.7. The van der Waals surface area contributed by atoms with E-state index in [0.717, 1.165) is 62.9 Å². The van der Waals surface area contributed by atoms with Crippen molar-refractivity contribution in [3.05, 3.63) is 58.1 Å². The van der Waals surface area contributed by atoms with E-state index in [-0.39, 0.29) is 12.0 Å². The topological polar surface area (TPSA) is 95.9 Å². The minimum absolute atomic E-state index is 0.235. The van der Waals surface area contributed by atoms with Crippen molar-refractivity contribution in [3.63, 3.8) is 0 Å². The highest BCUT2D eigenvalue weighted by molar-refractivity contribution is 7.90. The van der Waals surface area contributed by atoms with Crippen LogP contribution in [0.5, 0.6) is 5.75 Å². The molecule has 0 spiro atoms. The van der Waals surface area contributed by atoms with Crippen LogP contribution in [0.4, 0.5) is 5.69 Å². The number of nitrogens with zero attached hydrogens (tertiary/aromatic N) is 1. The Hall–Kier alpha value is -2.29. The van der Waals surface area contributed by atoms with Gasteiger partial charge in [0.05, 0.1) is 17.0 Å². The smallest absolute Gasteiger partial charge is 0.264 e. The zero-order valence-electron chi connectivity index (χ0n) is 23.3. The average Bonchev–Trinajstić information content (AvgIpc) is 2.93. The van der Waals surface area contributed by atoms with E-state index in [2.05, 4.69) is 9.62 Å². The number of halogens is 1. The normalized spacial score (nSPS) is 27.6. The molecule has 5 rings (SSSR count). The lowest BCUT2D eigenvalue weighted by Crippen LogP contribution is -2.44. The summed E-state index contributed by atoms with van der Waals surface area (Å²) in [6, 6.07) is 11.1. The monoisotopic (exact) mass is 588 g/mol. The zero-order valence-corrected chi connectivity index (χ0v) is 24.9. The van der Waals surface area contributed by atoms with Gasteiger partial charge in [0, 0.05) is 23.7 Å². The van der Waals surface area contributed by atoms with Crippen molar-refractivity contribution in [1.29, 1.82) is 0 Å². The van der Waals surface area contributed by atoms with Crippen molar-refractivity contribution < 1.29 is 23.1 Å². The maximum atomic E-state index is 13.3. The van der Waals surface area contributed by atoms with Crippen molar-refractivity contribution >= 4 is 33.2 Å². The maximum Gasteiger partial charge on any atom is 0.264 e. The van der Waals surface area contributed by atoms with Crippen LogP contribution < -0.4 is 14.4 Å². The minimum atomic E-state index is -3.84. The minimum Gasteiger partial charge on any atom is -0.487 e. The molecule has 1 saturated carbocycles. The third-order valence-corrected chi connectivity index (χ3v) is 11.2. The molecule has 0 saturated heterocycles. The quantitative estimate of drug-likeness (QED) is 0.433. The molecule has 2 bridgehead atoms. The zero-order chi connectivity index (χ0) is 28.3. The molecule has 2 heterocycles. The van der Waals surface area contributed by atoms with Gasteiger partial charge in [-0.1, -0.05) is 37.4 Å². The molecule has 1 fully saturated rings. The van der Waals surface area contributed by atoms with E-state index in [0.29, 0.717) is 54.5 Å². The van der Waals surface area contributed by atoms with Gasteiger partial charge >= 0.3 is 0 Å². The summed E-state index contributed by atoms with van der Waals surface area (Å²) in [5.74, 6) is 0.642. The first-order valence-electron chi connectivity index (χ1n) is 14.8. The summed E-state index contributed by atoms with van der Waals surface area (Å²) in [5, 5.41) is 11.1. The first-order valence-corrected chi connectivity index (χ1v) is 16.7. The summed E-state index contributed by atoms with van der Waals surface area (Å²) in [6.45, 7) is 3.74. The van der Waals surface area contributed by atoms with Crippen LogP contribution in [0.2, 0.25) is 5.02 Å². The Morgan fingerprint density at radius 2 is 1.85 bits per heavy atom. The maximum absolute atomic E-state index is 13.3. The molecule has 2 aliphatic heterocycles. The Morgan fingerprint density at radius 3 is 2.62 bits per heavy atom. The number of benzene rings is 2. The predicted octanol–water partition coefficient (Wildman–Crippen LogP) is 5.86. The molecule has 7 nitrogen and oxygen atoms in total. The van der Waals surface area contributed by atoms with Crippen molar-refractivity contribution in [3.8, 4) is 5.75 Å². The first kappa shape index (κ1) is 29.2. The number of ether oxygens (including phenoxy) is 1. The number of fused-ring (bicyclic) bond motifs is 3. The van der Waals surface area contributed by atoms with Gasteiger partial charge in [-0.15, -0.1) is 0 Å².